The lowest BCUT2D eigenvalue weighted by molar-refractivity contribution is 0.0261. The highest BCUT2D eigenvalue weighted by Gasteiger charge is 2.41. The molecule has 10 nitrogen and oxygen atoms in total. The molecule has 2 aromatic heterocycles. The van der Waals surface area contributed by atoms with Crippen LogP contribution in [0.1, 0.15) is 56.8 Å². The maximum Gasteiger partial charge on any atom is 0.408 e. The van der Waals surface area contributed by atoms with Gasteiger partial charge in [0, 0.05) is 53.6 Å². The third kappa shape index (κ3) is 6.28. The van der Waals surface area contributed by atoms with Crippen LogP contribution >= 0.6 is 15.9 Å². The maximum atomic E-state index is 12.8. The fraction of sp³-hybridized carbons (Fsp3) is 0.516. The molecule has 5 rings (SSSR count). The standard InChI is InChI=1S/C31H39BrN4O6/c1-31(2,3)29(23-15-24-25(16-33-23)42-14-13-41-24)36(30(38)39)21-9-11-35(12-10-21)17-20(18-37)27-22(32)7-5-19-6-8-26(40-4)34-28(19)27/h5-8,15-16,20-21,29,37H,9-14,17-18H2,1-4H3,(H,38,39). The average molecular weight is 644 g/mol. The van der Waals surface area contributed by atoms with E-state index in [0.717, 1.165) is 20.9 Å². The molecular formula is C31H39BrN4O6. The summed E-state index contributed by atoms with van der Waals surface area (Å²) in [7, 11) is 1.59. The van der Waals surface area contributed by atoms with Gasteiger partial charge in [-0.05, 0) is 36.0 Å². The summed E-state index contributed by atoms with van der Waals surface area (Å²) in [6.07, 6.45) is 2.02. The van der Waals surface area contributed by atoms with E-state index < -0.39 is 17.6 Å². The molecule has 2 aliphatic rings. The Morgan fingerprint density at radius 3 is 2.50 bits per heavy atom. The van der Waals surface area contributed by atoms with Crippen LogP contribution < -0.4 is 14.2 Å². The molecule has 0 spiro atoms. The van der Waals surface area contributed by atoms with Gasteiger partial charge >= 0.3 is 6.09 Å². The van der Waals surface area contributed by atoms with Crippen molar-refractivity contribution in [1.82, 2.24) is 19.8 Å². The summed E-state index contributed by atoms with van der Waals surface area (Å²) in [5, 5.41) is 22.0. The number of nitrogens with zero attached hydrogens (tertiary/aromatic N) is 4. The van der Waals surface area contributed by atoms with E-state index in [2.05, 4.69) is 25.8 Å². The molecule has 11 heteroatoms. The number of amides is 1. The lowest BCUT2D eigenvalue weighted by Crippen LogP contribution is -2.51. The molecule has 4 heterocycles. The maximum absolute atomic E-state index is 12.8. The van der Waals surface area contributed by atoms with E-state index in [9.17, 15) is 15.0 Å². The number of aliphatic hydroxyl groups excluding tert-OH is 1. The lowest BCUT2D eigenvalue weighted by Gasteiger charge is -2.45. The molecule has 1 saturated heterocycles. The van der Waals surface area contributed by atoms with E-state index >= 15 is 0 Å². The Labute approximate surface area is 254 Å². The highest BCUT2D eigenvalue weighted by molar-refractivity contribution is 9.10. The van der Waals surface area contributed by atoms with Crippen molar-refractivity contribution >= 4 is 32.9 Å². The van der Waals surface area contributed by atoms with Crippen LogP contribution in [0, 0.1) is 5.41 Å². The first-order valence-electron chi connectivity index (χ1n) is 14.3. The molecule has 2 unspecified atom stereocenters. The number of piperidine rings is 1. The van der Waals surface area contributed by atoms with Gasteiger partial charge in [0.15, 0.2) is 11.5 Å². The zero-order valence-corrected chi connectivity index (χ0v) is 26.1. The van der Waals surface area contributed by atoms with E-state index in [1.807, 2.05) is 51.1 Å². The molecular weight excluding hydrogens is 604 g/mol. The Morgan fingerprint density at radius 2 is 1.86 bits per heavy atom. The van der Waals surface area contributed by atoms with Crippen molar-refractivity contribution in [2.24, 2.45) is 5.41 Å². The molecule has 2 N–H and O–H groups in total. The van der Waals surface area contributed by atoms with Crippen LogP contribution in [0.4, 0.5) is 4.79 Å². The van der Waals surface area contributed by atoms with E-state index in [-0.39, 0.29) is 18.6 Å². The largest absolute Gasteiger partial charge is 0.486 e. The normalized spacial score (nSPS) is 17.6. The predicted octanol–water partition coefficient (Wildman–Crippen LogP) is 5.48. The fourth-order valence-electron chi connectivity index (χ4n) is 6.20. The van der Waals surface area contributed by atoms with Crippen LogP contribution in [0.3, 0.4) is 0 Å². The molecule has 3 aromatic rings. The summed E-state index contributed by atoms with van der Waals surface area (Å²) in [6, 6.07) is 8.97. The highest BCUT2D eigenvalue weighted by Crippen LogP contribution is 2.43. The van der Waals surface area contributed by atoms with Gasteiger partial charge in [-0.2, -0.15) is 0 Å². The quantitative estimate of drug-likeness (QED) is 0.329. The number of hydrogen-bond acceptors (Lipinski definition) is 8. The van der Waals surface area contributed by atoms with Crippen molar-refractivity contribution in [3.05, 3.63) is 52.3 Å². The Balaban J connectivity index is 1.35. The van der Waals surface area contributed by atoms with Gasteiger partial charge in [0.05, 0.1) is 37.2 Å². The zero-order chi connectivity index (χ0) is 30.0. The predicted molar refractivity (Wildman–Crippen MR) is 163 cm³/mol. The number of benzene rings is 1. The number of ether oxygens (including phenoxy) is 3. The minimum Gasteiger partial charge on any atom is -0.486 e. The summed E-state index contributed by atoms with van der Waals surface area (Å²) in [6.45, 7) is 9.03. The number of pyridine rings is 2. The first-order valence-corrected chi connectivity index (χ1v) is 15.1. The van der Waals surface area contributed by atoms with E-state index in [4.69, 9.17) is 19.2 Å². The number of methoxy groups -OCH3 is 1. The number of aromatic nitrogens is 2. The van der Waals surface area contributed by atoms with Gasteiger partial charge in [0.2, 0.25) is 5.88 Å². The molecule has 226 valence electrons. The van der Waals surface area contributed by atoms with Crippen LogP contribution in [-0.2, 0) is 0 Å². The molecule has 2 aliphatic heterocycles. The number of hydrogen-bond donors (Lipinski definition) is 2. The Morgan fingerprint density at radius 1 is 1.17 bits per heavy atom. The van der Waals surface area contributed by atoms with Crippen LogP contribution in [0.15, 0.2) is 41.0 Å². The molecule has 2 atom stereocenters. The van der Waals surface area contributed by atoms with Crippen molar-refractivity contribution in [3.8, 4) is 17.4 Å². The van der Waals surface area contributed by atoms with E-state index in [1.54, 1.807) is 18.2 Å². The Kier molecular flexibility index (Phi) is 9.10. The fourth-order valence-corrected chi connectivity index (χ4v) is 6.84. The van der Waals surface area contributed by atoms with Crippen LogP contribution in [0.25, 0.3) is 10.9 Å². The minimum atomic E-state index is -0.960. The topological polar surface area (TPSA) is 117 Å². The van der Waals surface area contributed by atoms with Crippen LogP contribution in [0.5, 0.6) is 17.4 Å². The molecule has 42 heavy (non-hydrogen) atoms. The number of aliphatic hydroxyl groups is 1. The summed E-state index contributed by atoms with van der Waals surface area (Å²) in [4.78, 5) is 26.1. The summed E-state index contributed by atoms with van der Waals surface area (Å²) in [5.74, 6) is 1.52. The van der Waals surface area contributed by atoms with Crippen molar-refractivity contribution in [2.45, 2.75) is 51.6 Å². The van der Waals surface area contributed by atoms with Crippen LogP contribution in [-0.4, -0.2) is 88.7 Å². The summed E-state index contributed by atoms with van der Waals surface area (Å²) < 4.78 is 17.7. The van der Waals surface area contributed by atoms with Crippen molar-refractivity contribution in [1.29, 1.82) is 0 Å². The van der Waals surface area contributed by atoms with Gasteiger partial charge in [-0.3, -0.25) is 9.88 Å². The second-order valence-corrected chi connectivity index (χ2v) is 12.9. The molecule has 1 amide bonds. The Hall–Kier alpha value is -3.15. The van der Waals surface area contributed by atoms with E-state index in [1.165, 1.54) is 0 Å². The van der Waals surface area contributed by atoms with Crippen molar-refractivity contribution < 1.29 is 29.2 Å². The van der Waals surface area contributed by atoms with Gasteiger partial charge in [-0.15, -0.1) is 0 Å². The first-order chi connectivity index (χ1) is 20.1. The van der Waals surface area contributed by atoms with E-state index in [0.29, 0.717) is 68.8 Å². The van der Waals surface area contributed by atoms with Crippen molar-refractivity contribution in [3.63, 3.8) is 0 Å². The van der Waals surface area contributed by atoms with Crippen molar-refractivity contribution in [2.75, 3.05) is 46.6 Å². The van der Waals surface area contributed by atoms with Gasteiger partial charge in [0.25, 0.3) is 0 Å². The van der Waals surface area contributed by atoms with Gasteiger partial charge in [0.1, 0.15) is 13.2 Å². The number of carboxylic acid groups (broad SMARTS) is 1. The molecule has 1 aromatic carbocycles. The molecule has 0 bridgehead atoms. The minimum absolute atomic E-state index is 0.0420. The SMILES string of the molecule is COc1ccc2ccc(Br)c(C(CO)CN3CCC(N(C(=O)O)C(c4cc5c(cn4)OCCO5)C(C)(C)C)CC3)c2n1. The average Bonchev–Trinajstić information content (AvgIpc) is 2.98. The number of likely N-dealkylation sites (tertiary alicyclic amines) is 1. The number of rotatable bonds is 8. The first kappa shape index (κ1) is 30.3. The van der Waals surface area contributed by atoms with Gasteiger partial charge in [-0.1, -0.05) is 42.8 Å². The smallest absolute Gasteiger partial charge is 0.408 e. The third-order valence-electron chi connectivity index (χ3n) is 8.14. The lowest BCUT2D eigenvalue weighted by atomic mass is 9.82. The molecule has 0 saturated carbocycles. The highest BCUT2D eigenvalue weighted by atomic mass is 79.9. The number of fused-ring (bicyclic) bond motifs is 2. The second-order valence-electron chi connectivity index (χ2n) is 12.0. The monoisotopic (exact) mass is 642 g/mol. The van der Waals surface area contributed by atoms with Gasteiger partial charge < -0.3 is 29.3 Å². The summed E-state index contributed by atoms with van der Waals surface area (Å²) >= 11 is 3.69. The summed E-state index contributed by atoms with van der Waals surface area (Å²) in [5.41, 5.74) is 1.99. The third-order valence-corrected chi connectivity index (χ3v) is 8.83. The molecule has 1 fully saturated rings. The zero-order valence-electron chi connectivity index (χ0n) is 24.5. The number of halogens is 1. The van der Waals surface area contributed by atoms with Crippen LogP contribution in [0.2, 0.25) is 0 Å². The Bertz CT molecular complexity index is 1420. The van der Waals surface area contributed by atoms with Gasteiger partial charge in [-0.25, -0.2) is 9.78 Å². The molecule has 0 aliphatic carbocycles. The number of carbonyl (C=O) groups is 1. The molecule has 0 radical (unpaired) electrons. The second kappa shape index (κ2) is 12.6.